The van der Waals surface area contributed by atoms with Crippen molar-refractivity contribution in [2.75, 3.05) is 25.9 Å². The quantitative estimate of drug-likeness (QED) is 0.797. The summed E-state index contributed by atoms with van der Waals surface area (Å²) in [6.45, 7) is 0.379. The normalized spacial score (nSPS) is 20.2. The van der Waals surface area contributed by atoms with Crippen molar-refractivity contribution in [3.05, 3.63) is 24.0 Å². The highest BCUT2D eigenvalue weighted by Crippen LogP contribution is 2.27. The first-order valence-electron chi connectivity index (χ1n) is 6.63. The summed E-state index contributed by atoms with van der Waals surface area (Å²) in [4.78, 5) is 11.4. The van der Waals surface area contributed by atoms with Gasteiger partial charge in [0.15, 0.2) is 0 Å². The van der Waals surface area contributed by atoms with Crippen LogP contribution < -0.4 is 11.1 Å². The second-order valence-electron chi connectivity index (χ2n) is 5.00. The summed E-state index contributed by atoms with van der Waals surface area (Å²) >= 11 is 0. The zero-order valence-electron chi connectivity index (χ0n) is 11.7. The van der Waals surface area contributed by atoms with Crippen molar-refractivity contribution in [2.45, 2.75) is 17.7 Å². The van der Waals surface area contributed by atoms with Gasteiger partial charge in [-0.05, 0) is 31.0 Å². The van der Waals surface area contributed by atoms with Gasteiger partial charge in [-0.15, -0.1) is 0 Å². The third-order valence-corrected chi connectivity index (χ3v) is 5.52. The Morgan fingerprint density at radius 1 is 1.48 bits per heavy atom. The van der Waals surface area contributed by atoms with Gasteiger partial charge in [0.05, 0.1) is 11.6 Å². The molecule has 1 unspecified atom stereocenters. The first kappa shape index (κ1) is 15.7. The predicted molar refractivity (Wildman–Crippen MR) is 76.4 cm³/mol. The second kappa shape index (κ2) is 5.98. The van der Waals surface area contributed by atoms with E-state index in [4.69, 9.17) is 5.73 Å². The molecule has 116 valence electrons. The molecular formula is C13H18FN3O3S. The van der Waals surface area contributed by atoms with Gasteiger partial charge >= 0.3 is 0 Å². The van der Waals surface area contributed by atoms with Gasteiger partial charge in [-0.3, -0.25) is 4.79 Å². The number of rotatable bonds is 3. The summed E-state index contributed by atoms with van der Waals surface area (Å²) in [5, 5.41) is 2.52. The van der Waals surface area contributed by atoms with Crippen LogP contribution in [0.25, 0.3) is 0 Å². The highest BCUT2D eigenvalue weighted by atomic mass is 32.2. The van der Waals surface area contributed by atoms with E-state index in [1.807, 2.05) is 0 Å². The monoisotopic (exact) mass is 315 g/mol. The molecule has 1 aromatic rings. The van der Waals surface area contributed by atoms with Crippen molar-refractivity contribution in [2.24, 2.45) is 5.92 Å². The number of carbonyl (C=O) groups excluding carboxylic acids is 1. The van der Waals surface area contributed by atoms with E-state index in [-0.39, 0.29) is 23.0 Å². The fourth-order valence-corrected chi connectivity index (χ4v) is 4.10. The molecule has 1 amide bonds. The molecule has 1 saturated heterocycles. The van der Waals surface area contributed by atoms with Crippen molar-refractivity contribution >= 4 is 21.6 Å². The number of nitrogens with two attached hydrogens (primary N) is 1. The first-order chi connectivity index (χ1) is 9.86. The van der Waals surface area contributed by atoms with Crippen LogP contribution >= 0.6 is 0 Å². The second-order valence-corrected chi connectivity index (χ2v) is 6.90. The van der Waals surface area contributed by atoms with E-state index in [0.29, 0.717) is 19.4 Å². The molecular weight excluding hydrogens is 297 g/mol. The molecule has 1 aliphatic heterocycles. The lowest BCUT2D eigenvalue weighted by Gasteiger charge is -2.31. The maximum atomic E-state index is 13.3. The van der Waals surface area contributed by atoms with Crippen molar-refractivity contribution in [3.63, 3.8) is 0 Å². The molecule has 0 radical (unpaired) electrons. The third kappa shape index (κ3) is 3.16. The number of sulfonamides is 1. The number of amides is 1. The van der Waals surface area contributed by atoms with Crippen LogP contribution in [0.3, 0.4) is 0 Å². The Balaban J connectivity index is 2.31. The van der Waals surface area contributed by atoms with Crippen LogP contribution in [0.5, 0.6) is 0 Å². The molecule has 0 saturated carbocycles. The molecule has 1 fully saturated rings. The Morgan fingerprint density at radius 2 is 2.19 bits per heavy atom. The number of nitrogens with one attached hydrogen (secondary N) is 1. The van der Waals surface area contributed by atoms with Crippen LogP contribution in [0.1, 0.15) is 12.8 Å². The summed E-state index contributed by atoms with van der Waals surface area (Å²) in [5.41, 5.74) is 5.65. The van der Waals surface area contributed by atoms with Crippen LogP contribution in [0.2, 0.25) is 0 Å². The number of carbonyl (C=O) groups is 1. The fraction of sp³-hybridized carbons (Fsp3) is 0.462. The summed E-state index contributed by atoms with van der Waals surface area (Å²) in [5.74, 6) is -1.25. The Morgan fingerprint density at radius 3 is 2.86 bits per heavy atom. The number of anilines is 1. The summed E-state index contributed by atoms with van der Waals surface area (Å²) in [6, 6.07) is 3.24. The molecule has 8 heteroatoms. The smallest absolute Gasteiger partial charge is 0.245 e. The van der Waals surface area contributed by atoms with Crippen molar-refractivity contribution in [3.8, 4) is 0 Å². The highest BCUT2D eigenvalue weighted by Gasteiger charge is 2.34. The molecule has 6 nitrogen and oxygen atoms in total. The number of hydrogen-bond acceptors (Lipinski definition) is 4. The van der Waals surface area contributed by atoms with Gasteiger partial charge in [-0.1, -0.05) is 0 Å². The largest absolute Gasteiger partial charge is 0.398 e. The van der Waals surface area contributed by atoms with Gasteiger partial charge in [0.2, 0.25) is 15.9 Å². The Hall–Kier alpha value is -1.67. The van der Waals surface area contributed by atoms with Crippen LogP contribution in [0, 0.1) is 11.7 Å². The standard InChI is InChI=1S/C13H18FN3O3S/c1-16-13(18)9-3-2-6-17(8-9)21(19,20)12-7-10(14)4-5-11(12)15/h4-5,7,9H,2-3,6,8,15H2,1H3,(H,16,18). The van der Waals surface area contributed by atoms with Gasteiger partial charge in [0.25, 0.3) is 0 Å². The van der Waals surface area contributed by atoms with E-state index in [1.165, 1.54) is 17.4 Å². The molecule has 1 aliphatic rings. The molecule has 1 heterocycles. The predicted octanol–water partition coefficient (Wildman–Crippen LogP) is 0.555. The van der Waals surface area contributed by atoms with E-state index < -0.39 is 21.8 Å². The Kier molecular flexibility index (Phi) is 4.48. The summed E-state index contributed by atoms with van der Waals surface area (Å²) in [6.07, 6.45) is 1.21. The molecule has 21 heavy (non-hydrogen) atoms. The minimum absolute atomic E-state index is 0.00142. The molecule has 2 rings (SSSR count). The zero-order chi connectivity index (χ0) is 15.6. The molecule has 3 N–H and O–H groups in total. The van der Waals surface area contributed by atoms with Gasteiger partial charge in [0.1, 0.15) is 10.7 Å². The number of hydrogen-bond donors (Lipinski definition) is 2. The van der Waals surface area contributed by atoms with E-state index in [2.05, 4.69) is 5.32 Å². The Bertz CT molecular complexity index is 648. The molecule has 0 aliphatic carbocycles. The lowest BCUT2D eigenvalue weighted by Crippen LogP contribution is -2.44. The first-order valence-corrected chi connectivity index (χ1v) is 8.07. The zero-order valence-corrected chi connectivity index (χ0v) is 12.5. The van der Waals surface area contributed by atoms with E-state index in [0.717, 1.165) is 12.1 Å². The van der Waals surface area contributed by atoms with Gasteiger partial charge in [-0.25, -0.2) is 12.8 Å². The number of piperidine rings is 1. The van der Waals surface area contributed by atoms with Gasteiger partial charge in [0, 0.05) is 20.1 Å². The maximum Gasteiger partial charge on any atom is 0.245 e. The van der Waals surface area contributed by atoms with Crippen LogP contribution in [-0.4, -0.2) is 38.8 Å². The van der Waals surface area contributed by atoms with Crippen molar-refractivity contribution in [1.29, 1.82) is 0 Å². The summed E-state index contributed by atoms with van der Waals surface area (Å²) in [7, 11) is -2.39. The minimum atomic E-state index is -3.90. The van der Waals surface area contributed by atoms with Crippen LogP contribution in [0.15, 0.2) is 23.1 Å². The molecule has 0 bridgehead atoms. The number of nitrogen functional groups attached to an aromatic ring is 1. The lowest BCUT2D eigenvalue weighted by atomic mass is 9.99. The SMILES string of the molecule is CNC(=O)C1CCCN(S(=O)(=O)c2cc(F)ccc2N)C1. The van der Waals surface area contributed by atoms with Crippen LogP contribution in [0.4, 0.5) is 10.1 Å². The number of benzene rings is 1. The fourth-order valence-electron chi connectivity index (χ4n) is 2.45. The van der Waals surface area contributed by atoms with Crippen molar-refractivity contribution < 1.29 is 17.6 Å². The topological polar surface area (TPSA) is 92.5 Å². The third-order valence-electron chi connectivity index (χ3n) is 3.59. The lowest BCUT2D eigenvalue weighted by molar-refractivity contribution is -0.125. The molecule has 0 aromatic heterocycles. The average molecular weight is 315 g/mol. The number of nitrogens with zero attached hydrogens (tertiary/aromatic N) is 1. The highest BCUT2D eigenvalue weighted by molar-refractivity contribution is 7.89. The maximum absolute atomic E-state index is 13.3. The van der Waals surface area contributed by atoms with Gasteiger partial charge in [-0.2, -0.15) is 4.31 Å². The molecule has 0 spiro atoms. The van der Waals surface area contributed by atoms with E-state index >= 15 is 0 Å². The van der Waals surface area contributed by atoms with E-state index in [9.17, 15) is 17.6 Å². The molecule has 1 aromatic carbocycles. The Labute approximate surface area is 123 Å². The summed E-state index contributed by atoms with van der Waals surface area (Å²) < 4.78 is 39.6. The number of halogens is 1. The minimum Gasteiger partial charge on any atom is -0.398 e. The molecule has 1 atom stereocenters. The van der Waals surface area contributed by atoms with E-state index in [1.54, 1.807) is 0 Å². The van der Waals surface area contributed by atoms with Crippen LogP contribution in [-0.2, 0) is 14.8 Å². The van der Waals surface area contributed by atoms with Gasteiger partial charge < -0.3 is 11.1 Å². The average Bonchev–Trinajstić information content (AvgIpc) is 2.49. The van der Waals surface area contributed by atoms with Crippen molar-refractivity contribution in [1.82, 2.24) is 9.62 Å².